The van der Waals surface area contributed by atoms with E-state index in [0.29, 0.717) is 12.3 Å². The summed E-state index contributed by atoms with van der Waals surface area (Å²) in [5.74, 6) is 0.569. The molecule has 0 amide bonds. The molecule has 0 spiro atoms. The van der Waals surface area contributed by atoms with Gasteiger partial charge in [-0.25, -0.2) is 0 Å². The minimum absolute atomic E-state index is 0.140. The predicted octanol–water partition coefficient (Wildman–Crippen LogP) is 4.58. The van der Waals surface area contributed by atoms with E-state index in [2.05, 4.69) is 46.9 Å². The average Bonchev–Trinajstić information content (AvgIpc) is 2.50. The van der Waals surface area contributed by atoms with Gasteiger partial charge in [-0.1, -0.05) is 50.6 Å². The standard InChI is InChI=1S/C18H22BrNO/c1-3-13(2)18(14-7-5-4-6-8-14)17(21)11-16-10-9-15(19)12-20-16/h4-10,12-13,17-18,21H,3,11H2,1-2H3. The Morgan fingerprint density at radius 1 is 1.14 bits per heavy atom. The smallest absolute Gasteiger partial charge is 0.0666 e. The average molecular weight is 348 g/mol. The molecule has 2 rings (SSSR count). The maximum Gasteiger partial charge on any atom is 0.0666 e. The molecule has 112 valence electrons. The zero-order valence-electron chi connectivity index (χ0n) is 12.5. The Bertz CT molecular complexity index is 541. The molecule has 2 aromatic rings. The van der Waals surface area contributed by atoms with Gasteiger partial charge in [0, 0.05) is 28.7 Å². The Kier molecular flexibility index (Phi) is 5.95. The highest BCUT2D eigenvalue weighted by Gasteiger charge is 2.26. The van der Waals surface area contributed by atoms with Crippen LogP contribution in [0.3, 0.4) is 0 Å². The van der Waals surface area contributed by atoms with E-state index in [1.165, 1.54) is 5.56 Å². The first kappa shape index (κ1) is 16.2. The van der Waals surface area contributed by atoms with Crippen molar-refractivity contribution in [2.75, 3.05) is 0 Å². The number of aliphatic hydroxyl groups is 1. The van der Waals surface area contributed by atoms with Gasteiger partial charge < -0.3 is 5.11 Å². The lowest BCUT2D eigenvalue weighted by Gasteiger charge is -2.28. The van der Waals surface area contributed by atoms with E-state index in [1.807, 2.05) is 30.3 Å². The second-order valence-electron chi connectivity index (χ2n) is 5.56. The Morgan fingerprint density at radius 3 is 2.43 bits per heavy atom. The summed E-state index contributed by atoms with van der Waals surface area (Å²) in [5, 5.41) is 10.7. The molecule has 2 nitrogen and oxygen atoms in total. The number of benzene rings is 1. The van der Waals surface area contributed by atoms with Crippen LogP contribution in [0.2, 0.25) is 0 Å². The molecule has 0 saturated carbocycles. The summed E-state index contributed by atoms with van der Waals surface area (Å²) in [6.45, 7) is 4.38. The van der Waals surface area contributed by atoms with Crippen LogP contribution in [-0.2, 0) is 6.42 Å². The number of aliphatic hydroxyl groups excluding tert-OH is 1. The summed E-state index contributed by atoms with van der Waals surface area (Å²) in [6, 6.07) is 14.2. The number of hydrogen-bond acceptors (Lipinski definition) is 2. The van der Waals surface area contributed by atoms with Crippen LogP contribution < -0.4 is 0 Å². The van der Waals surface area contributed by atoms with E-state index in [0.717, 1.165) is 16.6 Å². The quantitative estimate of drug-likeness (QED) is 0.829. The number of rotatable bonds is 6. The van der Waals surface area contributed by atoms with Gasteiger partial charge in [-0.2, -0.15) is 0 Å². The Labute approximate surface area is 135 Å². The molecule has 0 aliphatic carbocycles. The van der Waals surface area contributed by atoms with Gasteiger partial charge in [-0.3, -0.25) is 4.98 Å². The van der Waals surface area contributed by atoms with Crippen LogP contribution in [0.15, 0.2) is 53.1 Å². The first-order valence-corrected chi connectivity index (χ1v) is 8.24. The van der Waals surface area contributed by atoms with E-state index in [-0.39, 0.29) is 5.92 Å². The molecule has 0 aliphatic rings. The van der Waals surface area contributed by atoms with Crippen LogP contribution in [0.25, 0.3) is 0 Å². The van der Waals surface area contributed by atoms with Crippen molar-refractivity contribution in [2.45, 2.75) is 38.7 Å². The van der Waals surface area contributed by atoms with Gasteiger partial charge in [0.2, 0.25) is 0 Å². The summed E-state index contributed by atoms with van der Waals surface area (Å²) in [5.41, 5.74) is 2.13. The second kappa shape index (κ2) is 7.71. The molecule has 0 fully saturated rings. The fourth-order valence-corrected chi connectivity index (χ4v) is 2.96. The Hall–Kier alpha value is -1.19. The third kappa shape index (κ3) is 4.39. The number of pyridine rings is 1. The molecular formula is C18H22BrNO. The molecule has 1 aromatic carbocycles. The maximum absolute atomic E-state index is 10.7. The molecule has 0 aliphatic heterocycles. The SMILES string of the molecule is CCC(C)C(c1ccccc1)C(O)Cc1ccc(Br)cn1. The van der Waals surface area contributed by atoms with E-state index in [1.54, 1.807) is 6.20 Å². The molecule has 21 heavy (non-hydrogen) atoms. The van der Waals surface area contributed by atoms with Crippen molar-refractivity contribution in [3.8, 4) is 0 Å². The van der Waals surface area contributed by atoms with Crippen LogP contribution in [0.1, 0.15) is 37.4 Å². The lowest BCUT2D eigenvalue weighted by atomic mass is 9.80. The lowest BCUT2D eigenvalue weighted by molar-refractivity contribution is 0.116. The van der Waals surface area contributed by atoms with Crippen LogP contribution in [0, 0.1) is 5.92 Å². The second-order valence-corrected chi connectivity index (χ2v) is 6.48. The van der Waals surface area contributed by atoms with Crippen molar-refractivity contribution < 1.29 is 5.11 Å². The van der Waals surface area contributed by atoms with E-state index in [9.17, 15) is 5.11 Å². The van der Waals surface area contributed by atoms with Gasteiger partial charge in [0.05, 0.1) is 6.10 Å². The van der Waals surface area contributed by atoms with Gasteiger partial charge in [0.1, 0.15) is 0 Å². The summed E-state index contributed by atoms with van der Waals surface area (Å²) in [6.07, 6.45) is 2.99. The summed E-state index contributed by atoms with van der Waals surface area (Å²) in [4.78, 5) is 4.37. The van der Waals surface area contributed by atoms with Crippen LogP contribution in [-0.4, -0.2) is 16.2 Å². The highest BCUT2D eigenvalue weighted by Crippen LogP contribution is 2.31. The van der Waals surface area contributed by atoms with Gasteiger partial charge >= 0.3 is 0 Å². The molecule has 3 heteroatoms. The minimum Gasteiger partial charge on any atom is -0.392 e. The first-order valence-electron chi connectivity index (χ1n) is 7.45. The Balaban J connectivity index is 2.18. The highest BCUT2D eigenvalue weighted by molar-refractivity contribution is 9.10. The zero-order valence-corrected chi connectivity index (χ0v) is 14.1. The predicted molar refractivity (Wildman–Crippen MR) is 90.3 cm³/mol. The fraction of sp³-hybridized carbons (Fsp3) is 0.389. The van der Waals surface area contributed by atoms with Crippen molar-refractivity contribution in [3.05, 3.63) is 64.4 Å². The zero-order chi connectivity index (χ0) is 15.2. The number of nitrogens with zero attached hydrogens (tertiary/aromatic N) is 1. The van der Waals surface area contributed by atoms with Crippen molar-refractivity contribution >= 4 is 15.9 Å². The topological polar surface area (TPSA) is 33.1 Å². The van der Waals surface area contributed by atoms with Gasteiger partial charge in [0.25, 0.3) is 0 Å². The van der Waals surface area contributed by atoms with Gasteiger partial charge in [0.15, 0.2) is 0 Å². The summed E-state index contributed by atoms with van der Waals surface area (Å²) < 4.78 is 0.960. The summed E-state index contributed by atoms with van der Waals surface area (Å²) in [7, 11) is 0. The maximum atomic E-state index is 10.7. The molecule has 0 bridgehead atoms. The third-order valence-electron chi connectivity index (χ3n) is 4.06. The minimum atomic E-state index is -0.420. The largest absolute Gasteiger partial charge is 0.392 e. The monoisotopic (exact) mass is 347 g/mol. The molecular weight excluding hydrogens is 326 g/mol. The molecule has 3 unspecified atom stereocenters. The van der Waals surface area contributed by atoms with Gasteiger partial charge in [-0.05, 0) is 39.5 Å². The van der Waals surface area contributed by atoms with Crippen molar-refractivity contribution in [1.29, 1.82) is 0 Å². The fourth-order valence-electron chi connectivity index (χ4n) is 2.73. The number of halogens is 1. The van der Waals surface area contributed by atoms with E-state index in [4.69, 9.17) is 0 Å². The van der Waals surface area contributed by atoms with E-state index < -0.39 is 6.10 Å². The molecule has 0 radical (unpaired) electrons. The lowest BCUT2D eigenvalue weighted by Crippen LogP contribution is -2.26. The molecule has 3 atom stereocenters. The first-order chi connectivity index (χ1) is 10.1. The van der Waals surface area contributed by atoms with Crippen LogP contribution >= 0.6 is 15.9 Å². The van der Waals surface area contributed by atoms with Crippen LogP contribution in [0.5, 0.6) is 0 Å². The van der Waals surface area contributed by atoms with Gasteiger partial charge in [-0.15, -0.1) is 0 Å². The number of aromatic nitrogens is 1. The molecule has 1 heterocycles. The van der Waals surface area contributed by atoms with Crippen molar-refractivity contribution in [3.63, 3.8) is 0 Å². The number of hydrogen-bond donors (Lipinski definition) is 1. The summed E-state index contributed by atoms with van der Waals surface area (Å²) >= 11 is 3.39. The van der Waals surface area contributed by atoms with E-state index >= 15 is 0 Å². The Morgan fingerprint density at radius 2 is 1.86 bits per heavy atom. The molecule has 1 N–H and O–H groups in total. The molecule has 1 aromatic heterocycles. The molecule has 0 saturated heterocycles. The van der Waals surface area contributed by atoms with Crippen molar-refractivity contribution in [1.82, 2.24) is 4.98 Å². The highest BCUT2D eigenvalue weighted by atomic mass is 79.9. The normalized spacial score (nSPS) is 15.4. The van der Waals surface area contributed by atoms with Crippen LogP contribution in [0.4, 0.5) is 0 Å². The third-order valence-corrected chi connectivity index (χ3v) is 4.53. The van der Waals surface area contributed by atoms with Crippen molar-refractivity contribution in [2.24, 2.45) is 5.92 Å².